The Labute approximate surface area is 111 Å². The molecule has 0 aromatic rings. The number of hydrogen-bond acceptors (Lipinski definition) is 3. The van der Waals surface area contributed by atoms with Crippen LogP contribution in [-0.2, 0) is 4.74 Å². The van der Waals surface area contributed by atoms with E-state index in [1.54, 1.807) is 0 Å². The van der Waals surface area contributed by atoms with Crippen molar-refractivity contribution in [3.05, 3.63) is 0 Å². The first kappa shape index (κ1) is 15.3. The van der Waals surface area contributed by atoms with Crippen LogP contribution in [-0.4, -0.2) is 24.3 Å². The minimum atomic E-state index is -0.450. The average Bonchev–Trinajstić information content (AvgIpc) is 2.27. The molecule has 1 amide bonds. The molecule has 0 aromatic heterocycles. The van der Waals surface area contributed by atoms with Crippen molar-refractivity contribution in [3.63, 3.8) is 0 Å². The fourth-order valence-electron chi connectivity index (χ4n) is 2.51. The zero-order valence-electron chi connectivity index (χ0n) is 12.0. The van der Waals surface area contributed by atoms with E-state index >= 15 is 0 Å². The Balaban J connectivity index is 2.34. The zero-order valence-corrected chi connectivity index (χ0v) is 12.0. The van der Waals surface area contributed by atoms with Gasteiger partial charge in [0.2, 0.25) is 0 Å². The Kier molecular flexibility index (Phi) is 5.93. The Morgan fingerprint density at radius 2 is 1.94 bits per heavy atom. The van der Waals surface area contributed by atoms with Crippen LogP contribution in [0.15, 0.2) is 0 Å². The summed E-state index contributed by atoms with van der Waals surface area (Å²) in [6, 6.07) is 0.0444. The highest BCUT2D eigenvalue weighted by molar-refractivity contribution is 5.68. The summed E-state index contributed by atoms with van der Waals surface area (Å²) in [6.07, 6.45) is 7.15. The average molecular weight is 256 g/mol. The maximum Gasteiger partial charge on any atom is 0.407 e. The van der Waals surface area contributed by atoms with Crippen LogP contribution in [0.5, 0.6) is 0 Å². The molecule has 0 radical (unpaired) electrons. The monoisotopic (exact) mass is 256 g/mol. The summed E-state index contributed by atoms with van der Waals surface area (Å²) >= 11 is 0. The number of alkyl carbamates (subject to hydrolysis) is 1. The molecule has 1 aliphatic carbocycles. The van der Waals surface area contributed by atoms with E-state index < -0.39 is 5.60 Å². The summed E-state index contributed by atoms with van der Waals surface area (Å²) < 4.78 is 5.25. The summed E-state index contributed by atoms with van der Waals surface area (Å²) in [5, 5.41) is 2.88. The number of ether oxygens (including phenoxy) is 1. The topological polar surface area (TPSA) is 64.3 Å². The molecule has 0 aliphatic heterocycles. The van der Waals surface area contributed by atoms with Crippen molar-refractivity contribution in [3.8, 4) is 0 Å². The minimum Gasteiger partial charge on any atom is -0.444 e. The third kappa shape index (κ3) is 6.24. The maximum atomic E-state index is 11.7. The van der Waals surface area contributed by atoms with E-state index in [0.717, 1.165) is 6.42 Å². The number of nitrogens with two attached hydrogens (primary N) is 1. The lowest BCUT2D eigenvalue weighted by molar-refractivity contribution is 0.0497. The fourth-order valence-corrected chi connectivity index (χ4v) is 2.51. The molecule has 0 spiro atoms. The molecule has 1 saturated carbocycles. The standard InChI is InChI=1S/C14H28N2O2/c1-14(2,3)18-13(17)16-12(10-15)9-11-7-5-4-6-8-11/h11-12H,4-10,15H2,1-3H3,(H,16,17). The second kappa shape index (κ2) is 6.98. The van der Waals surface area contributed by atoms with Crippen LogP contribution in [0, 0.1) is 5.92 Å². The molecular formula is C14H28N2O2. The van der Waals surface area contributed by atoms with Crippen LogP contribution < -0.4 is 11.1 Å². The van der Waals surface area contributed by atoms with Crippen LogP contribution >= 0.6 is 0 Å². The van der Waals surface area contributed by atoms with Gasteiger partial charge in [0.1, 0.15) is 5.60 Å². The van der Waals surface area contributed by atoms with Gasteiger partial charge < -0.3 is 15.8 Å². The van der Waals surface area contributed by atoms with Gasteiger partial charge in [-0.1, -0.05) is 32.1 Å². The molecule has 1 atom stereocenters. The third-order valence-electron chi connectivity index (χ3n) is 3.35. The molecular weight excluding hydrogens is 228 g/mol. The Morgan fingerprint density at radius 3 is 2.44 bits per heavy atom. The van der Waals surface area contributed by atoms with E-state index in [-0.39, 0.29) is 12.1 Å². The van der Waals surface area contributed by atoms with Crippen molar-refractivity contribution in [1.29, 1.82) is 0 Å². The fraction of sp³-hybridized carbons (Fsp3) is 0.929. The molecule has 4 nitrogen and oxygen atoms in total. The highest BCUT2D eigenvalue weighted by Crippen LogP contribution is 2.27. The first-order valence-corrected chi connectivity index (χ1v) is 7.10. The minimum absolute atomic E-state index is 0.0444. The van der Waals surface area contributed by atoms with Crippen molar-refractivity contribution in [1.82, 2.24) is 5.32 Å². The Hall–Kier alpha value is -0.770. The quantitative estimate of drug-likeness (QED) is 0.813. The molecule has 1 fully saturated rings. The van der Waals surface area contributed by atoms with Gasteiger partial charge in [0.15, 0.2) is 0 Å². The molecule has 1 aliphatic rings. The summed E-state index contributed by atoms with van der Waals surface area (Å²) in [7, 11) is 0. The normalized spacial score (nSPS) is 19.3. The summed E-state index contributed by atoms with van der Waals surface area (Å²) in [6.45, 7) is 6.08. The lowest BCUT2D eigenvalue weighted by Crippen LogP contribution is -2.44. The van der Waals surface area contributed by atoms with Gasteiger partial charge in [0, 0.05) is 12.6 Å². The number of amides is 1. The highest BCUT2D eigenvalue weighted by Gasteiger charge is 2.22. The molecule has 3 N–H and O–H groups in total. The van der Waals surface area contributed by atoms with E-state index in [9.17, 15) is 4.79 Å². The van der Waals surface area contributed by atoms with Crippen LogP contribution in [0.25, 0.3) is 0 Å². The molecule has 4 heteroatoms. The first-order valence-electron chi connectivity index (χ1n) is 7.10. The number of rotatable bonds is 4. The van der Waals surface area contributed by atoms with Gasteiger partial charge in [0.05, 0.1) is 0 Å². The van der Waals surface area contributed by atoms with Gasteiger partial charge >= 0.3 is 6.09 Å². The molecule has 0 aromatic carbocycles. The second-order valence-electron chi connectivity index (χ2n) is 6.32. The first-order chi connectivity index (χ1) is 8.40. The van der Waals surface area contributed by atoms with Gasteiger partial charge in [-0.05, 0) is 33.1 Å². The lowest BCUT2D eigenvalue weighted by Gasteiger charge is -2.27. The second-order valence-corrected chi connectivity index (χ2v) is 6.32. The maximum absolute atomic E-state index is 11.7. The number of hydrogen-bond donors (Lipinski definition) is 2. The van der Waals surface area contributed by atoms with Gasteiger partial charge in [-0.25, -0.2) is 4.79 Å². The summed E-state index contributed by atoms with van der Waals surface area (Å²) in [5.74, 6) is 0.710. The van der Waals surface area contributed by atoms with Gasteiger partial charge in [-0.15, -0.1) is 0 Å². The number of nitrogens with one attached hydrogen (secondary N) is 1. The third-order valence-corrected chi connectivity index (χ3v) is 3.35. The van der Waals surface area contributed by atoms with E-state index in [4.69, 9.17) is 10.5 Å². The van der Waals surface area contributed by atoms with Crippen molar-refractivity contribution >= 4 is 6.09 Å². The summed E-state index contributed by atoms with van der Waals surface area (Å²) in [5.41, 5.74) is 5.28. The Bertz CT molecular complexity index is 255. The summed E-state index contributed by atoms with van der Waals surface area (Å²) in [4.78, 5) is 11.7. The van der Waals surface area contributed by atoms with Crippen molar-refractivity contribution in [2.45, 2.75) is 70.9 Å². The predicted molar refractivity (Wildman–Crippen MR) is 73.4 cm³/mol. The molecule has 1 rings (SSSR count). The largest absolute Gasteiger partial charge is 0.444 e. The SMILES string of the molecule is CC(C)(C)OC(=O)NC(CN)CC1CCCCC1. The molecule has 0 bridgehead atoms. The number of carbonyl (C=O) groups excluding carboxylic acids is 1. The van der Waals surface area contributed by atoms with Gasteiger partial charge in [0.25, 0.3) is 0 Å². The van der Waals surface area contributed by atoms with E-state index in [0.29, 0.717) is 12.5 Å². The van der Waals surface area contributed by atoms with Crippen molar-refractivity contribution in [2.24, 2.45) is 11.7 Å². The van der Waals surface area contributed by atoms with Crippen LogP contribution in [0.1, 0.15) is 59.3 Å². The van der Waals surface area contributed by atoms with Crippen LogP contribution in [0.3, 0.4) is 0 Å². The van der Waals surface area contributed by atoms with Gasteiger partial charge in [-0.2, -0.15) is 0 Å². The predicted octanol–water partition coefficient (Wildman–Crippen LogP) is 2.81. The van der Waals surface area contributed by atoms with Crippen molar-refractivity contribution in [2.75, 3.05) is 6.54 Å². The number of carbonyl (C=O) groups is 1. The molecule has 18 heavy (non-hydrogen) atoms. The van der Waals surface area contributed by atoms with Crippen LogP contribution in [0.4, 0.5) is 4.79 Å². The van der Waals surface area contributed by atoms with Crippen LogP contribution in [0.2, 0.25) is 0 Å². The smallest absolute Gasteiger partial charge is 0.407 e. The van der Waals surface area contributed by atoms with E-state index in [1.807, 2.05) is 20.8 Å². The van der Waals surface area contributed by atoms with Crippen molar-refractivity contribution < 1.29 is 9.53 Å². The van der Waals surface area contributed by atoms with Gasteiger partial charge in [-0.3, -0.25) is 0 Å². The molecule has 1 unspecified atom stereocenters. The molecule has 106 valence electrons. The molecule has 0 heterocycles. The van der Waals surface area contributed by atoms with E-state index in [1.165, 1.54) is 32.1 Å². The lowest BCUT2D eigenvalue weighted by atomic mass is 9.85. The molecule has 0 saturated heterocycles. The highest BCUT2D eigenvalue weighted by atomic mass is 16.6. The zero-order chi connectivity index (χ0) is 13.6. The Morgan fingerprint density at radius 1 is 1.33 bits per heavy atom. The van der Waals surface area contributed by atoms with E-state index in [2.05, 4.69) is 5.32 Å².